The van der Waals surface area contributed by atoms with Crippen LogP contribution in [-0.2, 0) is 13.1 Å². The molecule has 1 N–H and O–H groups in total. The summed E-state index contributed by atoms with van der Waals surface area (Å²) in [5, 5.41) is 2.79. The number of rotatable bonds is 6. The van der Waals surface area contributed by atoms with Gasteiger partial charge in [-0.25, -0.2) is 9.18 Å². The van der Waals surface area contributed by atoms with E-state index < -0.39 is 0 Å². The summed E-state index contributed by atoms with van der Waals surface area (Å²) in [6.45, 7) is 3.10. The standard InChI is InChI=1S/C19H22FN3O/c1-2-23(13-17-5-3-4-10-21-17)19(24)22-12-16-9-8-15(11-18(16)20)14-6-7-14/h3-5,8-11,14H,2,6-7,12-13H2,1H3,(H,22,24). The van der Waals surface area contributed by atoms with E-state index in [0.717, 1.165) is 24.1 Å². The molecule has 0 radical (unpaired) electrons. The zero-order valence-corrected chi connectivity index (χ0v) is 13.8. The molecule has 0 unspecified atom stereocenters. The molecule has 24 heavy (non-hydrogen) atoms. The van der Waals surface area contributed by atoms with Gasteiger partial charge >= 0.3 is 6.03 Å². The van der Waals surface area contributed by atoms with Crippen LogP contribution >= 0.6 is 0 Å². The summed E-state index contributed by atoms with van der Waals surface area (Å²) in [6.07, 6.45) is 4.00. The minimum Gasteiger partial charge on any atom is -0.334 e. The molecule has 0 bridgehead atoms. The number of amides is 2. The second kappa shape index (κ2) is 7.43. The maximum absolute atomic E-state index is 14.1. The maximum Gasteiger partial charge on any atom is 0.318 e. The average Bonchev–Trinajstić information content (AvgIpc) is 3.44. The Balaban J connectivity index is 1.57. The van der Waals surface area contributed by atoms with Crippen LogP contribution in [0.5, 0.6) is 0 Å². The lowest BCUT2D eigenvalue weighted by Crippen LogP contribution is -2.39. The molecule has 1 aliphatic carbocycles. The first-order valence-electron chi connectivity index (χ1n) is 8.38. The first-order valence-corrected chi connectivity index (χ1v) is 8.38. The molecule has 0 spiro atoms. The van der Waals surface area contributed by atoms with E-state index in [1.807, 2.05) is 31.2 Å². The minimum atomic E-state index is -0.243. The zero-order chi connectivity index (χ0) is 16.9. The molecule has 1 aromatic carbocycles. The maximum atomic E-state index is 14.1. The van der Waals surface area contributed by atoms with Gasteiger partial charge in [0.15, 0.2) is 0 Å². The van der Waals surface area contributed by atoms with Crippen molar-refractivity contribution >= 4 is 6.03 Å². The topological polar surface area (TPSA) is 45.2 Å². The van der Waals surface area contributed by atoms with Crippen LogP contribution in [0.2, 0.25) is 0 Å². The second-order valence-corrected chi connectivity index (χ2v) is 6.12. The molecule has 0 saturated heterocycles. The van der Waals surface area contributed by atoms with Gasteiger partial charge in [0.2, 0.25) is 0 Å². The van der Waals surface area contributed by atoms with Gasteiger partial charge in [-0.15, -0.1) is 0 Å². The Kier molecular flexibility index (Phi) is 5.08. The highest BCUT2D eigenvalue weighted by atomic mass is 19.1. The highest BCUT2D eigenvalue weighted by Crippen LogP contribution is 2.40. The summed E-state index contributed by atoms with van der Waals surface area (Å²) < 4.78 is 14.1. The number of nitrogens with one attached hydrogen (secondary N) is 1. The number of halogens is 1. The van der Waals surface area contributed by atoms with Crippen LogP contribution < -0.4 is 5.32 Å². The largest absolute Gasteiger partial charge is 0.334 e. The SMILES string of the molecule is CCN(Cc1ccccn1)C(=O)NCc1ccc(C2CC2)cc1F. The molecule has 1 aliphatic rings. The van der Waals surface area contributed by atoms with Crippen molar-refractivity contribution in [3.8, 4) is 0 Å². The van der Waals surface area contributed by atoms with Gasteiger partial charge in [-0.2, -0.15) is 0 Å². The third-order valence-corrected chi connectivity index (χ3v) is 4.30. The first-order chi connectivity index (χ1) is 11.7. The Morgan fingerprint density at radius 3 is 2.79 bits per heavy atom. The van der Waals surface area contributed by atoms with Crippen LogP contribution in [0.4, 0.5) is 9.18 Å². The highest BCUT2D eigenvalue weighted by molar-refractivity contribution is 5.74. The van der Waals surface area contributed by atoms with E-state index >= 15 is 0 Å². The summed E-state index contributed by atoms with van der Waals surface area (Å²) in [4.78, 5) is 18.2. The molecular formula is C19H22FN3O. The molecule has 1 aromatic heterocycles. The van der Waals surface area contributed by atoms with Gasteiger partial charge in [0, 0.05) is 24.8 Å². The van der Waals surface area contributed by atoms with Gasteiger partial charge in [0.05, 0.1) is 12.2 Å². The number of urea groups is 1. The molecule has 1 heterocycles. The van der Waals surface area contributed by atoms with E-state index in [9.17, 15) is 9.18 Å². The van der Waals surface area contributed by atoms with Gasteiger partial charge in [0.1, 0.15) is 5.82 Å². The Labute approximate surface area is 141 Å². The molecule has 1 saturated carbocycles. The minimum absolute atomic E-state index is 0.189. The fourth-order valence-corrected chi connectivity index (χ4v) is 2.67. The predicted molar refractivity (Wildman–Crippen MR) is 90.9 cm³/mol. The van der Waals surface area contributed by atoms with Gasteiger partial charge in [-0.3, -0.25) is 4.98 Å². The van der Waals surface area contributed by atoms with Crippen LogP contribution in [-0.4, -0.2) is 22.5 Å². The number of hydrogen-bond donors (Lipinski definition) is 1. The van der Waals surface area contributed by atoms with Crippen LogP contribution in [0.25, 0.3) is 0 Å². The van der Waals surface area contributed by atoms with E-state index in [1.165, 1.54) is 0 Å². The summed E-state index contributed by atoms with van der Waals surface area (Å²) in [6, 6.07) is 10.7. The van der Waals surface area contributed by atoms with Gasteiger partial charge in [-0.05, 0) is 49.4 Å². The summed E-state index contributed by atoms with van der Waals surface area (Å²) >= 11 is 0. The number of carbonyl (C=O) groups excluding carboxylic acids is 1. The summed E-state index contributed by atoms with van der Waals surface area (Å²) in [5.74, 6) is 0.282. The Bertz CT molecular complexity index is 701. The van der Waals surface area contributed by atoms with Gasteiger partial charge in [0.25, 0.3) is 0 Å². The average molecular weight is 327 g/mol. The van der Waals surface area contributed by atoms with Crippen molar-refractivity contribution in [2.24, 2.45) is 0 Å². The molecule has 126 valence electrons. The van der Waals surface area contributed by atoms with Crippen LogP contribution in [0.1, 0.15) is 42.5 Å². The van der Waals surface area contributed by atoms with Crippen LogP contribution in [0, 0.1) is 5.82 Å². The molecule has 0 aliphatic heterocycles. The molecule has 4 nitrogen and oxygen atoms in total. The fraction of sp³-hybridized carbons (Fsp3) is 0.368. The molecule has 3 rings (SSSR count). The Hall–Kier alpha value is -2.43. The molecule has 2 aromatic rings. The number of aromatic nitrogens is 1. The van der Waals surface area contributed by atoms with Crippen molar-refractivity contribution in [3.63, 3.8) is 0 Å². The number of carbonyl (C=O) groups is 1. The van der Waals surface area contributed by atoms with Crippen molar-refractivity contribution < 1.29 is 9.18 Å². The predicted octanol–water partition coefficient (Wildman–Crippen LogP) is 3.83. The molecule has 2 amide bonds. The number of hydrogen-bond acceptors (Lipinski definition) is 2. The number of pyridine rings is 1. The third kappa shape index (κ3) is 4.10. The molecule has 5 heteroatoms. The smallest absolute Gasteiger partial charge is 0.318 e. The zero-order valence-electron chi connectivity index (χ0n) is 13.8. The monoisotopic (exact) mass is 327 g/mol. The normalized spacial score (nSPS) is 13.6. The van der Waals surface area contributed by atoms with Crippen molar-refractivity contribution in [2.45, 2.75) is 38.8 Å². The molecule has 1 fully saturated rings. The molecular weight excluding hydrogens is 305 g/mol. The summed E-state index contributed by atoms with van der Waals surface area (Å²) in [7, 11) is 0. The van der Waals surface area contributed by atoms with E-state index in [0.29, 0.717) is 24.6 Å². The number of benzene rings is 1. The lowest BCUT2D eigenvalue weighted by Gasteiger charge is -2.21. The van der Waals surface area contributed by atoms with E-state index in [1.54, 1.807) is 23.2 Å². The van der Waals surface area contributed by atoms with Gasteiger partial charge < -0.3 is 10.2 Å². The highest BCUT2D eigenvalue weighted by Gasteiger charge is 2.24. The quantitative estimate of drug-likeness (QED) is 0.876. The van der Waals surface area contributed by atoms with Crippen molar-refractivity contribution in [2.75, 3.05) is 6.54 Å². The summed E-state index contributed by atoms with van der Waals surface area (Å²) in [5.41, 5.74) is 2.41. The fourth-order valence-electron chi connectivity index (χ4n) is 2.67. The van der Waals surface area contributed by atoms with E-state index in [2.05, 4.69) is 10.3 Å². The van der Waals surface area contributed by atoms with E-state index in [-0.39, 0.29) is 18.4 Å². The van der Waals surface area contributed by atoms with Crippen LogP contribution in [0.3, 0.4) is 0 Å². The van der Waals surface area contributed by atoms with Crippen molar-refractivity contribution in [3.05, 3.63) is 65.2 Å². The number of nitrogens with zero attached hydrogens (tertiary/aromatic N) is 2. The lowest BCUT2D eigenvalue weighted by molar-refractivity contribution is 0.197. The van der Waals surface area contributed by atoms with Crippen molar-refractivity contribution in [1.82, 2.24) is 15.2 Å². The Morgan fingerprint density at radius 1 is 1.33 bits per heavy atom. The van der Waals surface area contributed by atoms with Gasteiger partial charge in [-0.1, -0.05) is 18.2 Å². The van der Waals surface area contributed by atoms with Crippen molar-refractivity contribution in [1.29, 1.82) is 0 Å². The lowest BCUT2D eigenvalue weighted by atomic mass is 10.1. The Morgan fingerprint density at radius 2 is 2.17 bits per heavy atom. The third-order valence-electron chi connectivity index (χ3n) is 4.30. The second-order valence-electron chi connectivity index (χ2n) is 6.12. The molecule has 0 atom stereocenters. The van der Waals surface area contributed by atoms with Crippen LogP contribution in [0.15, 0.2) is 42.6 Å². The van der Waals surface area contributed by atoms with E-state index in [4.69, 9.17) is 0 Å². The first kappa shape index (κ1) is 16.4.